The summed E-state index contributed by atoms with van der Waals surface area (Å²) >= 11 is 0. The van der Waals surface area contributed by atoms with Crippen molar-refractivity contribution in [2.24, 2.45) is 0 Å². The molecule has 0 heterocycles. The SMILES string of the molecule is C=C[C@H](O)C[C@H](O)CC#C[Si](C)(C)C. The quantitative estimate of drug-likeness (QED) is 0.422. The highest BCUT2D eigenvalue weighted by atomic mass is 28.3. The molecule has 3 heteroatoms. The molecule has 0 aliphatic heterocycles. The summed E-state index contributed by atoms with van der Waals surface area (Å²) in [7, 11) is -1.33. The first-order chi connectivity index (χ1) is 6.35. The second-order valence-electron chi connectivity index (χ2n) is 4.45. The van der Waals surface area contributed by atoms with Crippen molar-refractivity contribution < 1.29 is 10.2 Å². The van der Waals surface area contributed by atoms with Gasteiger partial charge in [0, 0.05) is 12.8 Å². The molecule has 0 fully saturated rings. The van der Waals surface area contributed by atoms with Crippen molar-refractivity contribution in [1.82, 2.24) is 0 Å². The standard InChI is InChI=1S/C11H20O2Si/c1-5-10(12)9-11(13)7-6-8-14(2,3)4/h5,10-13H,1,7,9H2,2-4H3/t10-,11+/m0/s1. The lowest BCUT2D eigenvalue weighted by Gasteiger charge is -2.10. The van der Waals surface area contributed by atoms with Gasteiger partial charge in [-0.2, -0.15) is 0 Å². The lowest BCUT2D eigenvalue weighted by molar-refractivity contribution is 0.108. The van der Waals surface area contributed by atoms with E-state index in [2.05, 4.69) is 37.7 Å². The van der Waals surface area contributed by atoms with Crippen LogP contribution in [0.25, 0.3) is 0 Å². The summed E-state index contributed by atoms with van der Waals surface area (Å²) < 4.78 is 0. The van der Waals surface area contributed by atoms with Gasteiger partial charge in [0.15, 0.2) is 0 Å². The average molecular weight is 212 g/mol. The van der Waals surface area contributed by atoms with Gasteiger partial charge in [-0.05, 0) is 0 Å². The van der Waals surface area contributed by atoms with Gasteiger partial charge in [-0.3, -0.25) is 0 Å². The lowest BCUT2D eigenvalue weighted by atomic mass is 10.1. The number of rotatable bonds is 4. The molecule has 0 aliphatic carbocycles. The zero-order chi connectivity index (χ0) is 11.2. The van der Waals surface area contributed by atoms with Gasteiger partial charge in [0.1, 0.15) is 8.07 Å². The molecule has 2 atom stereocenters. The van der Waals surface area contributed by atoms with Crippen LogP contribution in [0.5, 0.6) is 0 Å². The molecule has 0 saturated heterocycles. The number of hydrogen-bond donors (Lipinski definition) is 2. The molecule has 0 rings (SSSR count). The summed E-state index contributed by atoms with van der Waals surface area (Å²) in [4.78, 5) is 0. The van der Waals surface area contributed by atoms with E-state index >= 15 is 0 Å². The van der Waals surface area contributed by atoms with E-state index in [0.717, 1.165) is 0 Å². The Hall–Kier alpha value is -0.563. The predicted molar refractivity (Wildman–Crippen MR) is 62.6 cm³/mol. The smallest absolute Gasteiger partial charge is 0.129 e. The van der Waals surface area contributed by atoms with E-state index in [-0.39, 0.29) is 0 Å². The summed E-state index contributed by atoms with van der Waals surface area (Å²) in [6.07, 6.45) is 1.01. The van der Waals surface area contributed by atoms with Crippen molar-refractivity contribution >= 4 is 8.07 Å². The van der Waals surface area contributed by atoms with Crippen molar-refractivity contribution in [1.29, 1.82) is 0 Å². The van der Waals surface area contributed by atoms with Gasteiger partial charge in [0.2, 0.25) is 0 Å². The predicted octanol–water partition coefficient (Wildman–Crippen LogP) is 1.56. The Morgan fingerprint density at radius 2 is 1.93 bits per heavy atom. The van der Waals surface area contributed by atoms with Crippen molar-refractivity contribution in [3.05, 3.63) is 12.7 Å². The van der Waals surface area contributed by atoms with E-state index in [1.807, 2.05) is 0 Å². The van der Waals surface area contributed by atoms with Crippen molar-refractivity contribution in [2.45, 2.75) is 44.7 Å². The molecule has 80 valence electrons. The third-order valence-electron chi connectivity index (χ3n) is 1.59. The van der Waals surface area contributed by atoms with E-state index in [9.17, 15) is 5.11 Å². The van der Waals surface area contributed by atoms with Gasteiger partial charge in [0.25, 0.3) is 0 Å². The summed E-state index contributed by atoms with van der Waals surface area (Å²) in [5.74, 6) is 2.97. The van der Waals surface area contributed by atoms with Crippen molar-refractivity contribution in [3.63, 3.8) is 0 Å². The van der Waals surface area contributed by atoms with E-state index < -0.39 is 20.3 Å². The number of aliphatic hydroxyl groups is 2. The zero-order valence-electron chi connectivity index (χ0n) is 9.25. The fourth-order valence-corrected chi connectivity index (χ4v) is 1.52. The highest BCUT2D eigenvalue weighted by Crippen LogP contribution is 2.03. The maximum Gasteiger partial charge on any atom is 0.129 e. The van der Waals surface area contributed by atoms with Gasteiger partial charge in [0.05, 0.1) is 12.2 Å². The molecule has 14 heavy (non-hydrogen) atoms. The van der Waals surface area contributed by atoms with E-state index in [4.69, 9.17) is 5.11 Å². The van der Waals surface area contributed by atoms with E-state index in [1.54, 1.807) is 0 Å². The largest absolute Gasteiger partial charge is 0.392 e. The first kappa shape index (κ1) is 13.4. The summed E-state index contributed by atoms with van der Waals surface area (Å²) in [5.41, 5.74) is 3.17. The van der Waals surface area contributed by atoms with E-state index in [0.29, 0.717) is 12.8 Å². The fraction of sp³-hybridized carbons (Fsp3) is 0.636. The Kier molecular flexibility index (Phi) is 5.78. The van der Waals surface area contributed by atoms with Gasteiger partial charge < -0.3 is 10.2 Å². The normalized spacial score (nSPS) is 15.2. The molecule has 0 saturated carbocycles. The minimum atomic E-state index is -1.33. The van der Waals surface area contributed by atoms with Crippen LogP contribution < -0.4 is 0 Å². The van der Waals surface area contributed by atoms with Crippen LogP contribution in [-0.2, 0) is 0 Å². The Balaban J connectivity index is 3.88. The minimum absolute atomic E-state index is 0.323. The molecule has 0 aliphatic rings. The maximum atomic E-state index is 9.45. The fourth-order valence-electron chi connectivity index (χ4n) is 0.892. The molecule has 0 amide bonds. The third-order valence-corrected chi connectivity index (χ3v) is 2.51. The molecular formula is C11H20O2Si. The molecule has 2 N–H and O–H groups in total. The summed E-state index contributed by atoms with van der Waals surface area (Å²) in [6, 6.07) is 0. The first-order valence-corrected chi connectivity index (χ1v) is 8.34. The van der Waals surface area contributed by atoms with Crippen LogP contribution in [0.4, 0.5) is 0 Å². The number of aliphatic hydroxyl groups excluding tert-OH is 2. The van der Waals surface area contributed by atoms with Crippen molar-refractivity contribution in [3.8, 4) is 11.5 Å². The summed E-state index contributed by atoms with van der Waals surface area (Å²) in [5, 5.41) is 18.6. The van der Waals surface area contributed by atoms with Crippen LogP contribution >= 0.6 is 0 Å². The first-order valence-electron chi connectivity index (χ1n) is 4.84. The van der Waals surface area contributed by atoms with Crippen LogP contribution in [0.3, 0.4) is 0 Å². The monoisotopic (exact) mass is 212 g/mol. The molecule has 0 unspecified atom stereocenters. The highest BCUT2D eigenvalue weighted by molar-refractivity contribution is 6.83. The van der Waals surface area contributed by atoms with Crippen LogP contribution in [-0.4, -0.2) is 30.5 Å². The van der Waals surface area contributed by atoms with Gasteiger partial charge in [-0.1, -0.05) is 25.7 Å². The lowest BCUT2D eigenvalue weighted by Crippen LogP contribution is -2.18. The molecular weight excluding hydrogens is 192 g/mol. The van der Waals surface area contributed by atoms with Crippen molar-refractivity contribution in [2.75, 3.05) is 0 Å². The maximum absolute atomic E-state index is 9.45. The topological polar surface area (TPSA) is 40.5 Å². The van der Waals surface area contributed by atoms with Crippen LogP contribution in [0, 0.1) is 11.5 Å². The molecule has 0 aromatic carbocycles. The molecule has 0 aromatic heterocycles. The van der Waals surface area contributed by atoms with Gasteiger partial charge in [-0.25, -0.2) is 0 Å². The Morgan fingerprint density at radius 1 is 1.36 bits per heavy atom. The second-order valence-corrected chi connectivity index (χ2v) is 9.20. The van der Waals surface area contributed by atoms with Crippen LogP contribution in [0.2, 0.25) is 19.6 Å². The Labute approximate surface area is 87.7 Å². The van der Waals surface area contributed by atoms with Gasteiger partial charge in [-0.15, -0.1) is 18.0 Å². The zero-order valence-corrected chi connectivity index (χ0v) is 10.2. The van der Waals surface area contributed by atoms with Gasteiger partial charge >= 0.3 is 0 Å². The average Bonchev–Trinajstić information content (AvgIpc) is 2.01. The molecule has 0 aromatic rings. The number of hydrogen-bond acceptors (Lipinski definition) is 2. The van der Waals surface area contributed by atoms with Crippen LogP contribution in [0.1, 0.15) is 12.8 Å². The van der Waals surface area contributed by atoms with E-state index in [1.165, 1.54) is 6.08 Å². The second kappa shape index (κ2) is 6.02. The molecule has 2 nitrogen and oxygen atoms in total. The van der Waals surface area contributed by atoms with Crippen LogP contribution in [0.15, 0.2) is 12.7 Å². The Morgan fingerprint density at radius 3 is 2.36 bits per heavy atom. The summed E-state index contributed by atoms with van der Waals surface area (Å²) in [6.45, 7) is 9.92. The Bertz CT molecular complexity index is 232. The molecule has 0 bridgehead atoms. The molecule has 0 spiro atoms. The highest BCUT2D eigenvalue weighted by Gasteiger charge is 2.09. The molecule has 0 radical (unpaired) electrons. The minimum Gasteiger partial charge on any atom is -0.392 e. The third kappa shape index (κ3) is 8.05.